The third-order valence-corrected chi connectivity index (χ3v) is 4.23. The Morgan fingerprint density at radius 3 is 2.58 bits per heavy atom. The van der Waals surface area contributed by atoms with Crippen LogP contribution < -0.4 is 10.2 Å². The Labute approximate surface area is 140 Å². The Balaban J connectivity index is 1.78. The summed E-state index contributed by atoms with van der Waals surface area (Å²) < 4.78 is 0. The van der Waals surface area contributed by atoms with E-state index in [2.05, 4.69) is 5.32 Å². The largest absolute Gasteiger partial charge is 0.392 e. The molecule has 0 radical (unpaired) electrons. The lowest BCUT2D eigenvalue weighted by atomic mass is 10.0. The molecule has 1 aliphatic rings. The predicted octanol–water partition coefficient (Wildman–Crippen LogP) is 2.73. The van der Waals surface area contributed by atoms with E-state index in [0.717, 1.165) is 41.9 Å². The first-order valence-electron chi connectivity index (χ1n) is 8.00. The highest BCUT2D eigenvalue weighted by atomic mass is 16.3. The lowest BCUT2D eigenvalue weighted by Gasteiger charge is -2.29. The van der Waals surface area contributed by atoms with Crippen LogP contribution >= 0.6 is 0 Å². The number of nitrogens with zero attached hydrogens (tertiary/aromatic N) is 1. The Bertz CT molecular complexity index is 769. The molecule has 1 heterocycles. The molecule has 0 aromatic heterocycles. The molecule has 0 aliphatic carbocycles. The van der Waals surface area contributed by atoms with Crippen molar-refractivity contribution < 1.29 is 14.7 Å². The molecule has 0 unspecified atom stereocenters. The molecule has 2 N–H and O–H groups in total. The Hall–Kier alpha value is -2.66. The second kappa shape index (κ2) is 6.84. The van der Waals surface area contributed by atoms with E-state index in [1.165, 1.54) is 0 Å². The summed E-state index contributed by atoms with van der Waals surface area (Å²) in [7, 11) is 0. The van der Waals surface area contributed by atoms with Crippen molar-refractivity contribution in [2.24, 2.45) is 0 Å². The van der Waals surface area contributed by atoms with Crippen LogP contribution in [-0.4, -0.2) is 23.5 Å². The molecule has 0 atom stereocenters. The minimum Gasteiger partial charge on any atom is -0.392 e. The Morgan fingerprint density at radius 2 is 1.92 bits per heavy atom. The fourth-order valence-corrected chi connectivity index (χ4v) is 2.97. The van der Waals surface area contributed by atoms with E-state index in [-0.39, 0.29) is 18.4 Å². The van der Waals surface area contributed by atoms with Gasteiger partial charge >= 0.3 is 0 Å². The molecule has 24 heavy (non-hydrogen) atoms. The number of hydrogen-bond acceptors (Lipinski definition) is 3. The van der Waals surface area contributed by atoms with Crippen LogP contribution in [-0.2, 0) is 17.8 Å². The molecule has 2 aromatic carbocycles. The van der Waals surface area contributed by atoms with Gasteiger partial charge in [0.15, 0.2) is 0 Å². The van der Waals surface area contributed by atoms with Crippen LogP contribution in [0.4, 0.5) is 11.4 Å². The van der Waals surface area contributed by atoms with Gasteiger partial charge in [0.05, 0.1) is 6.61 Å². The van der Waals surface area contributed by atoms with Crippen LogP contribution in [0.1, 0.15) is 34.8 Å². The molecule has 0 fully saturated rings. The van der Waals surface area contributed by atoms with Crippen molar-refractivity contribution in [3.8, 4) is 0 Å². The molecule has 2 amide bonds. The molecule has 2 aromatic rings. The molecule has 0 spiro atoms. The zero-order valence-corrected chi connectivity index (χ0v) is 13.6. The molecule has 124 valence electrons. The van der Waals surface area contributed by atoms with Crippen molar-refractivity contribution >= 4 is 23.2 Å². The zero-order valence-electron chi connectivity index (χ0n) is 13.6. The zero-order chi connectivity index (χ0) is 17.1. The van der Waals surface area contributed by atoms with E-state index >= 15 is 0 Å². The molecule has 0 saturated carbocycles. The van der Waals surface area contributed by atoms with Gasteiger partial charge in [-0.05, 0) is 54.3 Å². The van der Waals surface area contributed by atoms with E-state index in [1.54, 1.807) is 36.1 Å². The van der Waals surface area contributed by atoms with Crippen molar-refractivity contribution in [2.75, 3.05) is 16.8 Å². The first-order chi connectivity index (χ1) is 11.6. The van der Waals surface area contributed by atoms with E-state index in [9.17, 15) is 9.59 Å². The van der Waals surface area contributed by atoms with Crippen LogP contribution in [0.3, 0.4) is 0 Å². The van der Waals surface area contributed by atoms with Gasteiger partial charge in [0.2, 0.25) is 5.91 Å². The maximum Gasteiger partial charge on any atom is 0.255 e. The lowest BCUT2D eigenvalue weighted by Crippen LogP contribution is -2.33. The third kappa shape index (κ3) is 3.31. The number of nitrogens with one attached hydrogen (secondary N) is 1. The molecule has 3 rings (SSSR count). The second-order valence-corrected chi connectivity index (χ2v) is 5.93. The number of carbonyl (C=O) groups is 2. The summed E-state index contributed by atoms with van der Waals surface area (Å²) in [6, 6.07) is 12.5. The standard InChI is InChI=1S/C19H20N2O3/c1-13(23)21-10-2-3-16-11-17(8-9-18(16)21)20-19(24)15-6-4-14(12-22)5-7-15/h4-9,11,22H,2-3,10,12H2,1H3,(H,20,24). The van der Waals surface area contributed by atoms with Gasteiger partial charge in [-0.25, -0.2) is 0 Å². The Kier molecular flexibility index (Phi) is 4.62. The molecule has 1 aliphatic heterocycles. The minimum atomic E-state index is -0.196. The van der Waals surface area contributed by atoms with Crippen LogP contribution in [0.25, 0.3) is 0 Å². The summed E-state index contributed by atoms with van der Waals surface area (Å²) in [5.74, 6) is -0.157. The average Bonchev–Trinajstić information content (AvgIpc) is 2.61. The number of rotatable bonds is 3. The first kappa shape index (κ1) is 16.2. The van der Waals surface area contributed by atoms with E-state index < -0.39 is 0 Å². The van der Waals surface area contributed by atoms with Gasteiger partial charge in [-0.1, -0.05) is 12.1 Å². The summed E-state index contributed by atoms with van der Waals surface area (Å²) in [6.07, 6.45) is 1.82. The van der Waals surface area contributed by atoms with Gasteiger partial charge in [0, 0.05) is 30.4 Å². The van der Waals surface area contributed by atoms with Crippen molar-refractivity contribution in [2.45, 2.75) is 26.4 Å². The van der Waals surface area contributed by atoms with E-state index in [0.29, 0.717) is 5.56 Å². The number of amides is 2. The fourth-order valence-electron chi connectivity index (χ4n) is 2.97. The topological polar surface area (TPSA) is 69.6 Å². The van der Waals surface area contributed by atoms with Crippen molar-refractivity contribution in [3.63, 3.8) is 0 Å². The van der Waals surface area contributed by atoms with Crippen LogP contribution in [0, 0.1) is 0 Å². The smallest absolute Gasteiger partial charge is 0.255 e. The predicted molar refractivity (Wildman–Crippen MR) is 93.1 cm³/mol. The molecule has 0 bridgehead atoms. The van der Waals surface area contributed by atoms with Gasteiger partial charge in [0.1, 0.15) is 0 Å². The minimum absolute atomic E-state index is 0.0386. The maximum atomic E-state index is 12.3. The van der Waals surface area contributed by atoms with Crippen molar-refractivity contribution in [1.29, 1.82) is 0 Å². The maximum absolute atomic E-state index is 12.3. The first-order valence-corrected chi connectivity index (χ1v) is 8.00. The summed E-state index contributed by atoms with van der Waals surface area (Å²) in [6.45, 7) is 2.27. The highest BCUT2D eigenvalue weighted by Gasteiger charge is 2.20. The molecule has 0 saturated heterocycles. The number of benzene rings is 2. The number of carbonyl (C=O) groups excluding carboxylic acids is 2. The average molecular weight is 324 g/mol. The Morgan fingerprint density at radius 1 is 1.17 bits per heavy atom. The van der Waals surface area contributed by atoms with E-state index in [1.807, 2.05) is 18.2 Å². The highest BCUT2D eigenvalue weighted by Crippen LogP contribution is 2.29. The number of anilines is 2. The van der Waals surface area contributed by atoms with Crippen LogP contribution in [0.5, 0.6) is 0 Å². The van der Waals surface area contributed by atoms with Gasteiger partial charge in [-0.2, -0.15) is 0 Å². The number of fused-ring (bicyclic) bond motifs is 1. The second-order valence-electron chi connectivity index (χ2n) is 5.93. The van der Waals surface area contributed by atoms with Gasteiger partial charge in [-0.15, -0.1) is 0 Å². The van der Waals surface area contributed by atoms with Gasteiger partial charge in [-0.3, -0.25) is 9.59 Å². The summed E-state index contributed by atoms with van der Waals surface area (Å²) in [5, 5.41) is 11.9. The number of aryl methyl sites for hydroxylation is 1. The van der Waals surface area contributed by atoms with Crippen molar-refractivity contribution in [1.82, 2.24) is 0 Å². The van der Waals surface area contributed by atoms with E-state index in [4.69, 9.17) is 5.11 Å². The van der Waals surface area contributed by atoms with Crippen LogP contribution in [0.15, 0.2) is 42.5 Å². The molecule has 5 heteroatoms. The molecular weight excluding hydrogens is 304 g/mol. The monoisotopic (exact) mass is 324 g/mol. The number of aliphatic hydroxyl groups excluding tert-OH is 1. The fraction of sp³-hybridized carbons (Fsp3) is 0.263. The SMILES string of the molecule is CC(=O)N1CCCc2cc(NC(=O)c3ccc(CO)cc3)ccc21. The van der Waals surface area contributed by atoms with Gasteiger partial charge in [0.25, 0.3) is 5.91 Å². The quantitative estimate of drug-likeness (QED) is 0.912. The summed E-state index contributed by atoms with van der Waals surface area (Å²) in [4.78, 5) is 25.8. The summed E-state index contributed by atoms with van der Waals surface area (Å²) >= 11 is 0. The van der Waals surface area contributed by atoms with Gasteiger partial charge < -0.3 is 15.3 Å². The molecular formula is C19H20N2O3. The normalized spacial score (nSPS) is 13.3. The van der Waals surface area contributed by atoms with Crippen molar-refractivity contribution in [3.05, 3.63) is 59.2 Å². The lowest BCUT2D eigenvalue weighted by molar-refractivity contribution is -0.116. The summed E-state index contributed by atoms with van der Waals surface area (Å²) in [5.41, 5.74) is 4.03. The number of aliphatic hydroxyl groups is 1. The van der Waals surface area contributed by atoms with Crippen LogP contribution in [0.2, 0.25) is 0 Å². The molecule has 5 nitrogen and oxygen atoms in total. The third-order valence-electron chi connectivity index (χ3n) is 4.23. The highest BCUT2D eigenvalue weighted by molar-refractivity contribution is 6.04. The number of hydrogen-bond donors (Lipinski definition) is 2.